The molecular formula is C37H39F2N4O12P. The number of allylic oxidation sites excluding steroid dienone is 2. The minimum absolute atomic E-state index is 0.0295. The van der Waals surface area contributed by atoms with Crippen LogP contribution >= 0.6 is 7.75 Å². The maximum Gasteiger partial charge on any atom is 0.509 e. The zero-order valence-electron chi connectivity index (χ0n) is 30.2. The van der Waals surface area contributed by atoms with Gasteiger partial charge in [-0.15, -0.1) is 0 Å². The summed E-state index contributed by atoms with van der Waals surface area (Å²) in [4.78, 5) is 54.4. The van der Waals surface area contributed by atoms with E-state index in [-0.39, 0.29) is 30.2 Å². The molecule has 0 saturated carbocycles. The average molecular weight is 801 g/mol. The average Bonchev–Trinajstić information content (AvgIpc) is 3.56. The quantitative estimate of drug-likeness (QED) is 0.0717. The van der Waals surface area contributed by atoms with E-state index in [0.717, 1.165) is 12.3 Å². The van der Waals surface area contributed by atoms with E-state index in [4.69, 9.17) is 32.7 Å². The molecule has 2 N–H and O–H groups in total. The van der Waals surface area contributed by atoms with Gasteiger partial charge in [-0.05, 0) is 43.2 Å². The van der Waals surface area contributed by atoms with Crippen LogP contribution in [0.4, 0.5) is 24.2 Å². The van der Waals surface area contributed by atoms with Gasteiger partial charge < -0.3 is 28.2 Å². The number of carbonyl (C=O) groups is 3. The second-order valence-corrected chi connectivity index (χ2v) is 14.7. The molecule has 2 aliphatic heterocycles. The van der Waals surface area contributed by atoms with E-state index in [1.54, 1.807) is 62.4 Å². The van der Waals surface area contributed by atoms with Gasteiger partial charge in [0.15, 0.2) is 0 Å². The van der Waals surface area contributed by atoms with Crippen LogP contribution in [0, 0.1) is 0 Å². The summed E-state index contributed by atoms with van der Waals surface area (Å²) < 4.78 is 84.5. The molecule has 0 aliphatic carbocycles. The van der Waals surface area contributed by atoms with Crippen molar-refractivity contribution in [1.29, 1.82) is 0 Å². The lowest BCUT2D eigenvalue weighted by Gasteiger charge is -2.25. The molecule has 2 aromatic carbocycles. The summed E-state index contributed by atoms with van der Waals surface area (Å²) in [5.41, 5.74) is -1.28. The first kappa shape index (κ1) is 41.5. The number of rotatable bonds is 16. The Bertz CT molecular complexity index is 2050. The van der Waals surface area contributed by atoms with Crippen molar-refractivity contribution in [3.05, 3.63) is 126 Å². The van der Waals surface area contributed by atoms with Crippen LogP contribution in [-0.4, -0.2) is 70.8 Å². The number of aromatic nitrogens is 2. The number of ether oxygens (including phenoxy) is 5. The lowest BCUT2D eigenvalue weighted by atomic mass is 10.0. The Balaban J connectivity index is 1.37. The molecule has 0 bridgehead atoms. The van der Waals surface area contributed by atoms with Gasteiger partial charge >= 0.3 is 37.6 Å². The fourth-order valence-electron chi connectivity index (χ4n) is 5.45. The number of benzene rings is 2. The van der Waals surface area contributed by atoms with Gasteiger partial charge in [0.25, 0.3) is 0 Å². The van der Waals surface area contributed by atoms with Gasteiger partial charge in [0, 0.05) is 12.6 Å². The molecular weight excluding hydrogens is 761 g/mol. The van der Waals surface area contributed by atoms with E-state index in [2.05, 4.69) is 28.5 Å². The van der Waals surface area contributed by atoms with Gasteiger partial charge in [0.1, 0.15) is 42.5 Å². The molecule has 5 rings (SSSR count). The highest BCUT2D eigenvalue weighted by molar-refractivity contribution is 7.52. The van der Waals surface area contributed by atoms with Crippen molar-refractivity contribution in [3.63, 3.8) is 0 Å². The number of carbonyl (C=O) groups excluding carboxylic acids is 3. The first-order valence-electron chi connectivity index (χ1n) is 17.0. The Kier molecular flexibility index (Phi) is 13.2. The smallest absolute Gasteiger partial charge is 0.458 e. The zero-order chi connectivity index (χ0) is 40.5. The maximum atomic E-state index is 16.3. The zero-order valence-corrected chi connectivity index (χ0v) is 31.1. The molecule has 3 aromatic rings. The van der Waals surface area contributed by atoms with Crippen molar-refractivity contribution in [2.75, 3.05) is 18.5 Å². The monoisotopic (exact) mass is 800 g/mol. The van der Waals surface area contributed by atoms with Crippen molar-refractivity contribution >= 4 is 31.8 Å². The molecule has 0 radical (unpaired) electrons. The topological polar surface area (TPSA) is 192 Å². The lowest BCUT2D eigenvalue weighted by molar-refractivity contribution is -0.147. The van der Waals surface area contributed by atoms with Gasteiger partial charge in [-0.3, -0.25) is 19.2 Å². The molecule has 56 heavy (non-hydrogen) atoms. The molecule has 2 aliphatic rings. The van der Waals surface area contributed by atoms with E-state index >= 15 is 8.78 Å². The summed E-state index contributed by atoms with van der Waals surface area (Å²) in [6, 6.07) is 16.2. The molecule has 0 spiro atoms. The van der Waals surface area contributed by atoms with E-state index in [0.29, 0.717) is 10.1 Å². The Morgan fingerprint density at radius 3 is 2.41 bits per heavy atom. The molecule has 2 fully saturated rings. The van der Waals surface area contributed by atoms with E-state index < -0.39 is 80.9 Å². The number of esters is 1. The van der Waals surface area contributed by atoms with Crippen molar-refractivity contribution in [2.45, 2.75) is 62.9 Å². The Morgan fingerprint density at radius 1 is 1.07 bits per heavy atom. The number of alkyl halides is 2. The van der Waals surface area contributed by atoms with Gasteiger partial charge in [-0.2, -0.15) is 18.9 Å². The van der Waals surface area contributed by atoms with Crippen LogP contribution in [-0.2, 0) is 44.2 Å². The van der Waals surface area contributed by atoms with E-state index in [1.807, 2.05) is 0 Å². The van der Waals surface area contributed by atoms with Gasteiger partial charge in [-0.1, -0.05) is 79.9 Å². The number of nitrogens with one attached hydrogen (secondary N) is 2. The third-order valence-corrected chi connectivity index (χ3v) is 9.56. The number of hydrogen-bond donors (Lipinski definition) is 2. The third kappa shape index (κ3) is 11.0. The molecule has 298 valence electrons. The van der Waals surface area contributed by atoms with Crippen LogP contribution in [0.3, 0.4) is 0 Å². The largest absolute Gasteiger partial charge is 0.509 e. The third-order valence-electron chi connectivity index (χ3n) is 7.99. The van der Waals surface area contributed by atoms with Crippen LogP contribution in [0.1, 0.15) is 32.1 Å². The van der Waals surface area contributed by atoms with Crippen molar-refractivity contribution in [2.24, 2.45) is 0 Å². The highest BCUT2D eigenvalue weighted by Crippen LogP contribution is 2.49. The molecule has 3 unspecified atom stereocenters. The normalized spacial score (nSPS) is 22.0. The SMILES string of the molecule is C=C/C=C\C(=C)COC(=O)O[C@@H]1[C@@H](COP(=O)(NC2CC(C)(C)OC2=O)Oc2ccccc2)OC(n2ccc(NC(=O)OCc3ccccc3)nc2=O)C1(F)F. The molecule has 2 saturated heterocycles. The first-order valence-corrected chi connectivity index (χ1v) is 18.5. The first-order chi connectivity index (χ1) is 26.6. The van der Waals surface area contributed by atoms with Crippen molar-refractivity contribution in [1.82, 2.24) is 14.6 Å². The summed E-state index contributed by atoms with van der Waals surface area (Å²) in [6.45, 7) is 8.90. The number of anilines is 1. The summed E-state index contributed by atoms with van der Waals surface area (Å²) in [5.74, 6) is -5.26. The maximum absolute atomic E-state index is 16.3. The van der Waals surface area contributed by atoms with E-state index in [9.17, 15) is 23.7 Å². The fourth-order valence-corrected chi connectivity index (χ4v) is 6.95. The minimum Gasteiger partial charge on any atom is -0.458 e. The van der Waals surface area contributed by atoms with Crippen LogP contribution in [0.15, 0.2) is 115 Å². The number of hydrogen-bond acceptors (Lipinski definition) is 13. The molecule has 3 heterocycles. The standard InChI is InChI=1S/C37H39F2N4O12P/c1-5-6-13-24(2)21-50-35(47)53-30-28(23-51-56(48,55-26-16-11-8-12-17-26)42-27-20-36(3,4)54-31(27)44)52-32(37(30,38)39)43-19-18-29(40-33(43)45)41-34(46)49-22-25-14-9-7-10-15-25/h5-19,27-28,30,32H,1-2,20-23H2,3-4H3,(H,42,48)(H,40,41,45,46)/b13-6-/t27?,28-,30-,32?,56?/m1/s1. The van der Waals surface area contributed by atoms with Crippen LogP contribution in [0.2, 0.25) is 0 Å². The minimum atomic E-state index is -4.63. The summed E-state index contributed by atoms with van der Waals surface area (Å²) in [5, 5.41) is 4.76. The highest BCUT2D eigenvalue weighted by atomic mass is 31.2. The van der Waals surface area contributed by atoms with Gasteiger partial charge in [0.05, 0.1) is 6.61 Å². The van der Waals surface area contributed by atoms with E-state index in [1.165, 1.54) is 30.4 Å². The Hall–Kier alpha value is -5.68. The number of nitrogens with zero attached hydrogens (tertiary/aromatic N) is 2. The Labute approximate surface area is 319 Å². The molecule has 16 nitrogen and oxygen atoms in total. The summed E-state index contributed by atoms with van der Waals surface area (Å²) >= 11 is 0. The predicted molar refractivity (Wildman–Crippen MR) is 195 cm³/mol. The second-order valence-electron chi connectivity index (χ2n) is 13.0. The van der Waals surface area contributed by atoms with Crippen molar-refractivity contribution < 1.29 is 60.5 Å². The number of cyclic esters (lactones) is 1. The number of para-hydroxylation sites is 1. The fraction of sp³-hybridized carbons (Fsp3) is 0.324. The van der Waals surface area contributed by atoms with Gasteiger partial charge in [-0.25, -0.2) is 18.9 Å². The molecule has 5 atom stereocenters. The number of halogens is 2. The molecule has 19 heteroatoms. The molecule has 1 aromatic heterocycles. The lowest BCUT2D eigenvalue weighted by Crippen LogP contribution is -2.45. The highest BCUT2D eigenvalue weighted by Gasteiger charge is 2.63. The summed E-state index contributed by atoms with van der Waals surface area (Å²) in [6.07, 6.45) is -4.15. The Morgan fingerprint density at radius 2 is 1.77 bits per heavy atom. The van der Waals surface area contributed by atoms with Crippen LogP contribution in [0.5, 0.6) is 5.75 Å². The van der Waals surface area contributed by atoms with Crippen molar-refractivity contribution in [3.8, 4) is 5.75 Å². The number of amides is 1. The molecule has 1 amide bonds. The summed E-state index contributed by atoms with van der Waals surface area (Å²) in [7, 11) is -4.63. The second kappa shape index (κ2) is 17.8. The van der Waals surface area contributed by atoms with Crippen LogP contribution < -0.4 is 20.6 Å². The predicted octanol–water partition coefficient (Wildman–Crippen LogP) is 6.23. The van der Waals surface area contributed by atoms with Gasteiger partial charge in [0.2, 0.25) is 12.3 Å². The van der Waals surface area contributed by atoms with Crippen LogP contribution in [0.25, 0.3) is 0 Å².